The van der Waals surface area contributed by atoms with Gasteiger partial charge in [0.2, 0.25) is 10.0 Å². The van der Waals surface area contributed by atoms with E-state index in [0.717, 1.165) is 37.1 Å². The fraction of sp³-hybridized carbons (Fsp3) is 0.562. The largest absolute Gasteiger partial charge is 0.357 e. The number of piperidine rings is 1. The number of rotatable bonds is 4. The third-order valence-corrected chi connectivity index (χ3v) is 4.97. The summed E-state index contributed by atoms with van der Waals surface area (Å²) in [5.74, 6) is 1.65. The van der Waals surface area contributed by atoms with Crippen molar-refractivity contribution >= 4 is 40.0 Å². The number of aliphatic imine (C=N–C) groups is 1. The zero-order valence-electron chi connectivity index (χ0n) is 14.2. The fourth-order valence-corrected chi connectivity index (χ4v) is 3.22. The van der Waals surface area contributed by atoms with Gasteiger partial charge in [-0.15, -0.1) is 24.0 Å². The van der Waals surface area contributed by atoms with E-state index in [0.29, 0.717) is 6.54 Å². The van der Waals surface area contributed by atoms with Gasteiger partial charge in [0.15, 0.2) is 5.96 Å². The van der Waals surface area contributed by atoms with Crippen LogP contribution in [0.1, 0.15) is 32.3 Å². The summed E-state index contributed by atoms with van der Waals surface area (Å²) < 4.78 is 22.9. The molecule has 0 bridgehead atoms. The highest BCUT2D eigenvalue weighted by Gasteiger charge is 2.18. The summed E-state index contributed by atoms with van der Waals surface area (Å²) in [4.78, 5) is 7.05. The maximum Gasteiger partial charge on any atom is 0.238 e. The van der Waals surface area contributed by atoms with Gasteiger partial charge in [-0.05, 0) is 43.4 Å². The molecule has 0 radical (unpaired) electrons. The van der Waals surface area contributed by atoms with Gasteiger partial charge in [-0.2, -0.15) is 0 Å². The molecule has 0 amide bonds. The van der Waals surface area contributed by atoms with E-state index >= 15 is 0 Å². The van der Waals surface area contributed by atoms with Crippen LogP contribution in [-0.4, -0.2) is 38.9 Å². The number of benzene rings is 1. The van der Waals surface area contributed by atoms with Gasteiger partial charge < -0.3 is 10.2 Å². The molecule has 0 saturated carbocycles. The minimum atomic E-state index is -3.68. The first-order valence-electron chi connectivity index (χ1n) is 8.05. The van der Waals surface area contributed by atoms with E-state index < -0.39 is 10.0 Å². The number of likely N-dealkylation sites (tertiary alicyclic amines) is 1. The molecule has 0 aliphatic carbocycles. The van der Waals surface area contributed by atoms with Crippen LogP contribution < -0.4 is 10.5 Å². The molecule has 136 valence electrons. The van der Waals surface area contributed by atoms with Crippen LogP contribution in [0.4, 0.5) is 0 Å². The van der Waals surface area contributed by atoms with Crippen molar-refractivity contribution in [2.75, 3.05) is 19.6 Å². The van der Waals surface area contributed by atoms with Gasteiger partial charge in [-0.1, -0.05) is 19.1 Å². The fourth-order valence-electron chi connectivity index (χ4n) is 2.63. The maximum absolute atomic E-state index is 11.4. The number of nitrogens with two attached hydrogens (primary N) is 1. The van der Waals surface area contributed by atoms with Crippen molar-refractivity contribution in [2.24, 2.45) is 16.0 Å². The van der Waals surface area contributed by atoms with Crippen LogP contribution in [0.3, 0.4) is 0 Å². The van der Waals surface area contributed by atoms with Gasteiger partial charge in [0.1, 0.15) is 0 Å². The quantitative estimate of drug-likeness (QED) is 0.405. The molecule has 1 heterocycles. The normalized spacial score (nSPS) is 16.6. The van der Waals surface area contributed by atoms with Crippen molar-refractivity contribution < 1.29 is 8.42 Å². The molecule has 0 spiro atoms. The van der Waals surface area contributed by atoms with E-state index in [1.807, 2.05) is 13.0 Å². The molecule has 8 heteroatoms. The molecular formula is C16H27IN4O2S. The van der Waals surface area contributed by atoms with Crippen molar-refractivity contribution in [3.63, 3.8) is 0 Å². The number of halogens is 1. The van der Waals surface area contributed by atoms with E-state index in [1.54, 1.807) is 12.1 Å². The van der Waals surface area contributed by atoms with Crippen LogP contribution in [0.15, 0.2) is 34.2 Å². The molecule has 0 atom stereocenters. The lowest BCUT2D eigenvalue weighted by molar-refractivity contribution is 0.273. The van der Waals surface area contributed by atoms with E-state index in [4.69, 9.17) is 5.14 Å². The smallest absolute Gasteiger partial charge is 0.238 e. The minimum absolute atomic E-state index is 0. The Hall–Kier alpha value is -0.870. The zero-order valence-corrected chi connectivity index (χ0v) is 17.4. The molecule has 2 rings (SSSR count). The Morgan fingerprint density at radius 1 is 1.38 bits per heavy atom. The predicted octanol–water partition coefficient (Wildman–Crippen LogP) is 2.15. The summed E-state index contributed by atoms with van der Waals surface area (Å²) in [6.07, 6.45) is 2.34. The van der Waals surface area contributed by atoms with E-state index in [2.05, 4.69) is 22.1 Å². The summed E-state index contributed by atoms with van der Waals surface area (Å²) in [6.45, 7) is 7.57. The molecule has 1 saturated heterocycles. The second-order valence-corrected chi connectivity index (χ2v) is 7.59. The predicted molar refractivity (Wildman–Crippen MR) is 108 cm³/mol. The van der Waals surface area contributed by atoms with Crippen LogP contribution >= 0.6 is 24.0 Å². The number of guanidine groups is 1. The zero-order chi connectivity index (χ0) is 16.9. The van der Waals surface area contributed by atoms with E-state index in [-0.39, 0.29) is 28.9 Å². The molecule has 24 heavy (non-hydrogen) atoms. The van der Waals surface area contributed by atoms with Gasteiger partial charge in [-0.3, -0.25) is 0 Å². The summed E-state index contributed by atoms with van der Waals surface area (Å²) >= 11 is 0. The first-order valence-corrected chi connectivity index (χ1v) is 9.59. The van der Waals surface area contributed by atoms with Gasteiger partial charge in [-0.25, -0.2) is 18.5 Å². The van der Waals surface area contributed by atoms with E-state index in [1.165, 1.54) is 18.9 Å². The summed E-state index contributed by atoms with van der Waals surface area (Å²) in [5, 5.41) is 8.49. The highest BCUT2D eigenvalue weighted by Crippen LogP contribution is 2.16. The van der Waals surface area contributed by atoms with Gasteiger partial charge >= 0.3 is 0 Å². The Morgan fingerprint density at radius 2 is 2.04 bits per heavy atom. The Labute approximate surface area is 162 Å². The van der Waals surface area contributed by atoms with Crippen molar-refractivity contribution in [3.05, 3.63) is 29.8 Å². The SMILES string of the molecule is CCNC(=NCc1cccc(S(N)(=O)=O)c1)N1CCC(C)CC1.I. The molecule has 1 aliphatic heterocycles. The average Bonchev–Trinajstić information content (AvgIpc) is 2.52. The topological polar surface area (TPSA) is 87.8 Å². The molecule has 3 N–H and O–H groups in total. The van der Waals surface area contributed by atoms with Crippen LogP contribution in [0.5, 0.6) is 0 Å². The summed E-state index contributed by atoms with van der Waals surface area (Å²) in [7, 11) is -3.68. The number of nitrogens with zero attached hydrogens (tertiary/aromatic N) is 2. The first-order chi connectivity index (χ1) is 10.9. The van der Waals surface area contributed by atoms with Gasteiger partial charge in [0.05, 0.1) is 11.4 Å². The standard InChI is InChI=1S/C16H26N4O2S.HI/c1-3-18-16(20-9-7-13(2)8-10-20)19-12-14-5-4-6-15(11-14)23(17,21)22;/h4-6,11,13H,3,7-10,12H2,1-2H3,(H,18,19)(H2,17,21,22);1H. The second kappa shape index (κ2) is 9.57. The lowest BCUT2D eigenvalue weighted by atomic mass is 10.00. The molecular weight excluding hydrogens is 439 g/mol. The lowest BCUT2D eigenvalue weighted by Crippen LogP contribution is -2.45. The number of sulfonamides is 1. The minimum Gasteiger partial charge on any atom is -0.357 e. The summed E-state index contributed by atoms with van der Waals surface area (Å²) in [5.41, 5.74) is 0.831. The molecule has 0 unspecified atom stereocenters. The van der Waals surface area contributed by atoms with Crippen molar-refractivity contribution in [2.45, 2.75) is 38.1 Å². The maximum atomic E-state index is 11.4. The average molecular weight is 466 g/mol. The van der Waals surface area contributed by atoms with Gasteiger partial charge in [0, 0.05) is 19.6 Å². The van der Waals surface area contributed by atoms with Crippen molar-refractivity contribution in [3.8, 4) is 0 Å². The van der Waals surface area contributed by atoms with Crippen LogP contribution in [0, 0.1) is 5.92 Å². The van der Waals surface area contributed by atoms with E-state index in [9.17, 15) is 8.42 Å². The molecule has 1 aliphatic rings. The first kappa shape index (κ1) is 21.2. The Balaban J connectivity index is 0.00000288. The number of nitrogens with one attached hydrogen (secondary N) is 1. The Morgan fingerprint density at radius 3 is 2.62 bits per heavy atom. The molecule has 0 aromatic heterocycles. The van der Waals surface area contributed by atoms with Crippen molar-refractivity contribution in [1.29, 1.82) is 0 Å². The third kappa shape index (κ3) is 6.21. The Bertz CT molecular complexity index is 656. The van der Waals surface area contributed by atoms with Crippen LogP contribution in [0.25, 0.3) is 0 Å². The second-order valence-electron chi connectivity index (χ2n) is 6.03. The molecule has 1 fully saturated rings. The highest BCUT2D eigenvalue weighted by atomic mass is 127. The lowest BCUT2D eigenvalue weighted by Gasteiger charge is -2.33. The summed E-state index contributed by atoms with van der Waals surface area (Å²) in [6, 6.07) is 6.64. The molecule has 6 nitrogen and oxygen atoms in total. The third-order valence-electron chi connectivity index (χ3n) is 4.06. The highest BCUT2D eigenvalue weighted by molar-refractivity contribution is 14.0. The van der Waals surface area contributed by atoms with Gasteiger partial charge in [0.25, 0.3) is 0 Å². The van der Waals surface area contributed by atoms with Crippen LogP contribution in [-0.2, 0) is 16.6 Å². The van der Waals surface area contributed by atoms with Crippen molar-refractivity contribution in [1.82, 2.24) is 10.2 Å². The number of primary sulfonamides is 1. The molecule has 1 aromatic rings. The Kier molecular flexibility index (Phi) is 8.44. The molecule has 1 aromatic carbocycles. The van der Waals surface area contributed by atoms with Crippen LogP contribution in [0.2, 0.25) is 0 Å². The monoisotopic (exact) mass is 466 g/mol. The number of hydrogen-bond donors (Lipinski definition) is 2. The number of hydrogen-bond acceptors (Lipinski definition) is 3.